The number of benzene rings is 1. The van der Waals surface area contributed by atoms with Crippen LogP contribution in [0, 0.1) is 4.77 Å². The zero-order chi connectivity index (χ0) is 15.4. The van der Waals surface area contributed by atoms with Crippen molar-refractivity contribution in [3.8, 4) is 5.75 Å². The number of aryl methyl sites for hydroxylation is 1. The molecule has 0 unspecified atom stereocenters. The van der Waals surface area contributed by atoms with Gasteiger partial charge in [-0.25, -0.2) is 0 Å². The summed E-state index contributed by atoms with van der Waals surface area (Å²) in [5.41, 5.74) is 0.749. The van der Waals surface area contributed by atoms with E-state index in [-0.39, 0.29) is 0 Å². The van der Waals surface area contributed by atoms with Gasteiger partial charge in [-0.3, -0.25) is 5.10 Å². The van der Waals surface area contributed by atoms with Crippen LogP contribution in [0.15, 0.2) is 17.2 Å². The second kappa shape index (κ2) is 7.06. The Morgan fingerprint density at radius 3 is 2.62 bits per heavy atom. The fourth-order valence-corrected chi connectivity index (χ4v) is 2.54. The molecule has 1 N–H and O–H groups in total. The first-order valence-corrected chi connectivity index (χ1v) is 7.55. The van der Waals surface area contributed by atoms with Gasteiger partial charge in [0.25, 0.3) is 0 Å². The number of nitrogens with one attached hydrogen (secondary N) is 1. The molecule has 0 saturated carbocycles. The fourth-order valence-electron chi connectivity index (χ4n) is 1.73. The molecule has 1 aromatic heterocycles. The molecule has 0 amide bonds. The highest BCUT2D eigenvalue weighted by Gasteiger charge is 2.08. The first kappa shape index (κ1) is 16.0. The Balaban J connectivity index is 2.33. The van der Waals surface area contributed by atoms with Crippen molar-refractivity contribution in [1.82, 2.24) is 14.9 Å². The third-order valence-corrected chi connectivity index (χ3v) is 3.49. The maximum absolute atomic E-state index is 6.15. The molecule has 2 rings (SSSR count). The van der Waals surface area contributed by atoms with E-state index in [0.717, 1.165) is 17.8 Å². The first-order chi connectivity index (χ1) is 10.1. The second-order valence-electron chi connectivity index (χ2n) is 4.10. The van der Waals surface area contributed by atoms with Crippen LogP contribution in [0.4, 0.5) is 0 Å². The molecule has 5 nitrogen and oxygen atoms in total. The summed E-state index contributed by atoms with van der Waals surface area (Å²) in [7, 11) is 0. The van der Waals surface area contributed by atoms with Gasteiger partial charge in [0.15, 0.2) is 11.6 Å². The quantitative estimate of drug-likeness (QED) is 0.656. The molecular weight excluding hydrogens is 331 g/mol. The Hall–Kier alpha value is -1.37. The molecule has 2 aromatic rings. The van der Waals surface area contributed by atoms with Crippen LogP contribution in [0.3, 0.4) is 0 Å². The number of aromatic amines is 1. The Kier molecular flexibility index (Phi) is 5.39. The van der Waals surface area contributed by atoms with Crippen LogP contribution in [0.2, 0.25) is 10.0 Å². The molecule has 1 aromatic carbocycles. The highest BCUT2D eigenvalue weighted by molar-refractivity contribution is 7.71. The Labute approximate surface area is 137 Å². The Bertz CT molecular complexity index is 700. The van der Waals surface area contributed by atoms with Crippen LogP contribution >= 0.6 is 35.4 Å². The van der Waals surface area contributed by atoms with E-state index in [1.165, 1.54) is 0 Å². The van der Waals surface area contributed by atoms with Gasteiger partial charge in [0.1, 0.15) is 0 Å². The van der Waals surface area contributed by atoms with E-state index in [0.29, 0.717) is 27.2 Å². The van der Waals surface area contributed by atoms with Gasteiger partial charge in [0.05, 0.1) is 22.9 Å². The molecule has 0 aliphatic rings. The molecule has 0 aliphatic carbocycles. The standard InChI is InChI=1S/C13H14Cl2N4OS/c1-3-11-17-18-13(21)19(11)16-7-8-5-9(14)12(20-4-2)10(15)6-8/h5-7H,3-4H2,1-2H3,(H,18,21)/b16-7-. The minimum Gasteiger partial charge on any atom is -0.491 e. The lowest BCUT2D eigenvalue weighted by molar-refractivity contribution is 0.340. The van der Waals surface area contributed by atoms with Gasteiger partial charge in [-0.1, -0.05) is 30.1 Å². The van der Waals surface area contributed by atoms with E-state index in [4.69, 9.17) is 40.2 Å². The lowest BCUT2D eigenvalue weighted by Crippen LogP contribution is -1.98. The summed E-state index contributed by atoms with van der Waals surface area (Å²) in [6.45, 7) is 4.34. The van der Waals surface area contributed by atoms with Crippen molar-refractivity contribution in [3.05, 3.63) is 38.3 Å². The number of nitrogens with zero attached hydrogens (tertiary/aromatic N) is 3. The largest absolute Gasteiger partial charge is 0.491 e. The summed E-state index contributed by atoms with van der Waals surface area (Å²) < 4.78 is 7.38. The van der Waals surface area contributed by atoms with Crippen molar-refractivity contribution in [3.63, 3.8) is 0 Å². The number of rotatable bonds is 5. The molecule has 1 heterocycles. The number of halogens is 2. The van der Waals surface area contributed by atoms with Crippen molar-refractivity contribution in [1.29, 1.82) is 0 Å². The Morgan fingerprint density at radius 2 is 2.05 bits per heavy atom. The van der Waals surface area contributed by atoms with Gasteiger partial charge in [-0.05, 0) is 36.8 Å². The van der Waals surface area contributed by atoms with Crippen LogP contribution in [0.5, 0.6) is 5.75 Å². The molecule has 0 saturated heterocycles. The number of ether oxygens (including phenoxy) is 1. The molecule has 21 heavy (non-hydrogen) atoms. The average molecular weight is 345 g/mol. The maximum Gasteiger partial charge on any atom is 0.216 e. The lowest BCUT2D eigenvalue weighted by Gasteiger charge is -2.08. The van der Waals surface area contributed by atoms with Crippen molar-refractivity contribution in [2.45, 2.75) is 20.3 Å². The van der Waals surface area contributed by atoms with Gasteiger partial charge >= 0.3 is 0 Å². The van der Waals surface area contributed by atoms with Gasteiger partial charge < -0.3 is 4.74 Å². The molecule has 112 valence electrons. The lowest BCUT2D eigenvalue weighted by atomic mass is 10.2. The predicted molar refractivity (Wildman–Crippen MR) is 87.4 cm³/mol. The number of aromatic nitrogens is 3. The smallest absolute Gasteiger partial charge is 0.216 e. The van der Waals surface area contributed by atoms with Crippen LogP contribution in [-0.2, 0) is 6.42 Å². The third kappa shape index (κ3) is 3.64. The second-order valence-corrected chi connectivity index (χ2v) is 5.30. The van der Waals surface area contributed by atoms with E-state index in [1.54, 1.807) is 23.0 Å². The van der Waals surface area contributed by atoms with Crippen molar-refractivity contribution < 1.29 is 4.74 Å². The molecule has 0 bridgehead atoms. The van der Waals surface area contributed by atoms with Crippen molar-refractivity contribution >= 4 is 41.6 Å². The van der Waals surface area contributed by atoms with Crippen molar-refractivity contribution in [2.75, 3.05) is 6.61 Å². The number of hydrogen-bond donors (Lipinski definition) is 1. The summed E-state index contributed by atoms with van der Waals surface area (Å²) in [5.74, 6) is 1.23. The van der Waals surface area contributed by atoms with Crippen molar-refractivity contribution in [2.24, 2.45) is 5.10 Å². The van der Waals surface area contributed by atoms with E-state index >= 15 is 0 Å². The summed E-state index contributed by atoms with van der Waals surface area (Å²) in [5, 5.41) is 12.0. The molecular formula is C13H14Cl2N4OS. The molecule has 0 fully saturated rings. The van der Waals surface area contributed by atoms with E-state index in [9.17, 15) is 0 Å². The molecule has 0 aliphatic heterocycles. The third-order valence-electron chi connectivity index (χ3n) is 2.67. The molecule has 0 atom stereocenters. The molecule has 0 spiro atoms. The summed E-state index contributed by atoms with van der Waals surface area (Å²) in [6, 6.07) is 3.47. The summed E-state index contributed by atoms with van der Waals surface area (Å²) in [4.78, 5) is 0. The first-order valence-electron chi connectivity index (χ1n) is 6.39. The summed E-state index contributed by atoms with van der Waals surface area (Å²) in [6.07, 6.45) is 2.34. The average Bonchev–Trinajstić information content (AvgIpc) is 2.81. The number of hydrogen-bond acceptors (Lipinski definition) is 4. The molecule has 0 radical (unpaired) electrons. The minimum atomic E-state index is 0.436. The summed E-state index contributed by atoms with van der Waals surface area (Å²) >= 11 is 17.4. The normalized spacial score (nSPS) is 11.2. The highest BCUT2D eigenvalue weighted by Crippen LogP contribution is 2.33. The van der Waals surface area contributed by atoms with E-state index in [2.05, 4.69) is 15.3 Å². The van der Waals surface area contributed by atoms with Crippen LogP contribution in [0.1, 0.15) is 25.2 Å². The van der Waals surface area contributed by atoms with Crippen LogP contribution in [0.25, 0.3) is 0 Å². The predicted octanol–water partition coefficient (Wildman–Crippen LogP) is 4.09. The topological polar surface area (TPSA) is 55.2 Å². The van der Waals surface area contributed by atoms with Gasteiger partial charge in [0.2, 0.25) is 4.77 Å². The van der Waals surface area contributed by atoms with Crippen LogP contribution < -0.4 is 4.74 Å². The fraction of sp³-hybridized carbons (Fsp3) is 0.308. The highest BCUT2D eigenvalue weighted by atomic mass is 35.5. The van der Waals surface area contributed by atoms with E-state index < -0.39 is 0 Å². The van der Waals surface area contributed by atoms with Gasteiger partial charge in [-0.15, -0.1) is 0 Å². The van der Waals surface area contributed by atoms with Gasteiger partial charge in [0, 0.05) is 6.42 Å². The monoisotopic (exact) mass is 344 g/mol. The Morgan fingerprint density at radius 1 is 1.38 bits per heavy atom. The van der Waals surface area contributed by atoms with Gasteiger partial charge in [-0.2, -0.15) is 14.9 Å². The zero-order valence-electron chi connectivity index (χ0n) is 11.6. The number of H-pyrrole nitrogens is 1. The maximum atomic E-state index is 6.15. The SMILES string of the molecule is CCOc1c(Cl)cc(/C=N\n2c(CC)n[nH]c2=S)cc1Cl. The minimum absolute atomic E-state index is 0.436. The van der Waals surface area contributed by atoms with Crippen LogP contribution in [-0.4, -0.2) is 27.7 Å². The zero-order valence-corrected chi connectivity index (χ0v) is 13.9. The van der Waals surface area contributed by atoms with E-state index in [1.807, 2.05) is 13.8 Å². The molecule has 8 heteroatoms.